The van der Waals surface area contributed by atoms with E-state index >= 15 is 0 Å². The molecule has 4 N–H and O–H groups in total. The SMILES string of the molecule is Cc1nc(Cl)nc(N)c1CCC1CCN(C(=O)[C@H](C)N)CC1. The number of nitrogens with zero attached hydrogens (tertiary/aromatic N) is 3. The van der Waals surface area contributed by atoms with Gasteiger partial charge in [0.2, 0.25) is 11.2 Å². The normalized spacial score (nSPS) is 17.5. The van der Waals surface area contributed by atoms with Crippen LogP contribution in [0.1, 0.15) is 37.4 Å². The lowest BCUT2D eigenvalue weighted by Crippen LogP contribution is -2.45. The fraction of sp³-hybridized carbons (Fsp3) is 0.667. The lowest BCUT2D eigenvalue weighted by atomic mass is 9.90. The molecule has 1 aliphatic heterocycles. The van der Waals surface area contributed by atoms with Gasteiger partial charge >= 0.3 is 0 Å². The van der Waals surface area contributed by atoms with Gasteiger partial charge in [0.05, 0.1) is 6.04 Å². The molecule has 0 bridgehead atoms. The van der Waals surface area contributed by atoms with Gasteiger partial charge in [-0.05, 0) is 57.0 Å². The third-order valence-corrected chi connectivity index (χ3v) is 4.51. The van der Waals surface area contributed by atoms with E-state index in [1.807, 2.05) is 11.8 Å². The number of aromatic nitrogens is 2. The number of nitrogens with two attached hydrogens (primary N) is 2. The van der Waals surface area contributed by atoms with E-state index in [9.17, 15) is 4.79 Å². The number of nitrogen functional groups attached to an aromatic ring is 1. The molecule has 1 aromatic rings. The molecule has 7 heteroatoms. The summed E-state index contributed by atoms with van der Waals surface area (Å²) in [6, 6.07) is -0.412. The predicted molar refractivity (Wildman–Crippen MR) is 87.5 cm³/mol. The summed E-state index contributed by atoms with van der Waals surface area (Å²) in [6.45, 7) is 5.22. The Balaban J connectivity index is 1.86. The highest BCUT2D eigenvalue weighted by molar-refractivity contribution is 6.28. The van der Waals surface area contributed by atoms with E-state index < -0.39 is 6.04 Å². The highest BCUT2D eigenvalue weighted by atomic mass is 35.5. The average molecular weight is 326 g/mol. The molecule has 2 rings (SSSR count). The number of piperidine rings is 1. The van der Waals surface area contributed by atoms with Gasteiger partial charge in [0, 0.05) is 24.3 Å². The summed E-state index contributed by atoms with van der Waals surface area (Å²) in [5.41, 5.74) is 13.4. The molecule has 1 aromatic heterocycles. The standard InChI is InChI=1S/C15H24ClN5O/c1-9(17)14(22)21-7-5-11(6-8-21)3-4-12-10(2)19-15(16)20-13(12)18/h9,11H,3-8,17H2,1-2H3,(H2,18,19,20)/t9-/m0/s1. The van der Waals surface area contributed by atoms with E-state index in [1.54, 1.807) is 6.92 Å². The lowest BCUT2D eigenvalue weighted by molar-refractivity contribution is -0.133. The van der Waals surface area contributed by atoms with Crippen molar-refractivity contribution in [2.24, 2.45) is 11.7 Å². The number of anilines is 1. The van der Waals surface area contributed by atoms with E-state index in [2.05, 4.69) is 9.97 Å². The molecular weight excluding hydrogens is 302 g/mol. The second-order valence-electron chi connectivity index (χ2n) is 6.04. The first kappa shape index (κ1) is 17.0. The van der Waals surface area contributed by atoms with Crippen LogP contribution >= 0.6 is 11.6 Å². The monoisotopic (exact) mass is 325 g/mol. The van der Waals surface area contributed by atoms with E-state index in [-0.39, 0.29) is 11.2 Å². The second-order valence-corrected chi connectivity index (χ2v) is 6.38. The fourth-order valence-corrected chi connectivity index (χ4v) is 3.19. The minimum atomic E-state index is -0.412. The van der Waals surface area contributed by atoms with Crippen LogP contribution in [-0.2, 0) is 11.2 Å². The zero-order valence-corrected chi connectivity index (χ0v) is 13.9. The van der Waals surface area contributed by atoms with Crippen molar-refractivity contribution >= 4 is 23.3 Å². The van der Waals surface area contributed by atoms with Gasteiger partial charge in [-0.25, -0.2) is 9.97 Å². The summed E-state index contributed by atoms with van der Waals surface area (Å²) in [7, 11) is 0. The number of hydrogen-bond acceptors (Lipinski definition) is 5. The molecule has 0 unspecified atom stereocenters. The Morgan fingerprint density at radius 1 is 1.41 bits per heavy atom. The molecule has 1 amide bonds. The van der Waals surface area contributed by atoms with E-state index in [0.29, 0.717) is 11.7 Å². The Labute approximate surface area is 136 Å². The minimum absolute atomic E-state index is 0.0460. The van der Waals surface area contributed by atoms with Crippen molar-refractivity contribution in [2.75, 3.05) is 18.8 Å². The van der Waals surface area contributed by atoms with Crippen LogP contribution in [-0.4, -0.2) is 39.9 Å². The Hall–Kier alpha value is -1.40. The van der Waals surface area contributed by atoms with Crippen LogP contribution in [0.5, 0.6) is 0 Å². The predicted octanol–water partition coefficient (Wildman–Crippen LogP) is 1.54. The smallest absolute Gasteiger partial charge is 0.239 e. The Bertz CT molecular complexity index is 518. The minimum Gasteiger partial charge on any atom is -0.383 e. The number of hydrogen-bond donors (Lipinski definition) is 2. The van der Waals surface area contributed by atoms with E-state index in [0.717, 1.165) is 50.0 Å². The largest absolute Gasteiger partial charge is 0.383 e. The highest BCUT2D eigenvalue weighted by Crippen LogP contribution is 2.25. The van der Waals surface area contributed by atoms with Crippen LogP contribution < -0.4 is 11.5 Å². The van der Waals surface area contributed by atoms with Crippen molar-refractivity contribution in [2.45, 2.75) is 45.6 Å². The lowest BCUT2D eigenvalue weighted by Gasteiger charge is -2.33. The van der Waals surface area contributed by atoms with Crippen molar-refractivity contribution in [3.05, 3.63) is 16.5 Å². The van der Waals surface area contributed by atoms with Crippen molar-refractivity contribution < 1.29 is 4.79 Å². The summed E-state index contributed by atoms with van der Waals surface area (Å²) in [5, 5.41) is 0.196. The number of carbonyl (C=O) groups is 1. The van der Waals surface area contributed by atoms with Crippen LogP contribution in [0.2, 0.25) is 5.28 Å². The first-order valence-electron chi connectivity index (χ1n) is 7.71. The first-order valence-corrected chi connectivity index (χ1v) is 8.09. The van der Waals surface area contributed by atoms with Crippen LogP contribution in [0.25, 0.3) is 0 Å². The van der Waals surface area contributed by atoms with Gasteiger partial charge in [-0.1, -0.05) is 0 Å². The van der Waals surface area contributed by atoms with Crippen molar-refractivity contribution in [3.63, 3.8) is 0 Å². The van der Waals surface area contributed by atoms with Gasteiger partial charge in [-0.15, -0.1) is 0 Å². The van der Waals surface area contributed by atoms with Crippen LogP contribution in [0.4, 0.5) is 5.82 Å². The zero-order chi connectivity index (χ0) is 16.3. The summed E-state index contributed by atoms with van der Waals surface area (Å²) in [6.07, 6.45) is 3.88. The van der Waals surface area contributed by atoms with Gasteiger partial charge in [0.1, 0.15) is 5.82 Å². The molecule has 0 aliphatic carbocycles. The molecule has 1 atom stereocenters. The molecule has 122 valence electrons. The quantitative estimate of drug-likeness (QED) is 0.818. The number of amides is 1. The zero-order valence-electron chi connectivity index (χ0n) is 13.2. The summed E-state index contributed by atoms with van der Waals surface area (Å²) >= 11 is 5.79. The second kappa shape index (κ2) is 7.24. The maximum absolute atomic E-state index is 11.9. The summed E-state index contributed by atoms with van der Waals surface area (Å²) in [5.74, 6) is 1.11. The van der Waals surface area contributed by atoms with Crippen LogP contribution in [0.3, 0.4) is 0 Å². The van der Waals surface area contributed by atoms with E-state index in [1.165, 1.54) is 0 Å². The van der Waals surface area contributed by atoms with Crippen molar-refractivity contribution in [1.82, 2.24) is 14.9 Å². The maximum atomic E-state index is 11.9. The Morgan fingerprint density at radius 2 is 2.05 bits per heavy atom. The molecule has 2 heterocycles. The third kappa shape index (κ3) is 4.08. The Kier molecular flexibility index (Phi) is 5.58. The fourth-order valence-electron chi connectivity index (χ4n) is 2.97. The first-order chi connectivity index (χ1) is 10.4. The molecule has 0 spiro atoms. The summed E-state index contributed by atoms with van der Waals surface area (Å²) < 4.78 is 0. The molecular formula is C15H24ClN5O. The number of likely N-dealkylation sites (tertiary alicyclic amines) is 1. The van der Waals surface area contributed by atoms with E-state index in [4.69, 9.17) is 23.1 Å². The number of aryl methyl sites for hydroxylation is 1. The van der Waals surface area contributed by atoms with Crippen molar-refractivity contribution in [1.29, 1.82) is 0 Å². The van der Waals surface area contributed by atoms with Crippen LogP contribution in [0.15, 0.2) is 0 Å². The average Bonchev–Trinajstić information content (AvgIpc) is 2.46. The topological polar surface area (TPSA) is 98.1 Å². The van der Waals surface area contributed by atoms with Crippen LogP contribution in [0, 0.1) is 12.8 Å². The molecule has 1 saturated heterocycles. The number of halogens is 1. The molecule has 22 heavy (non-hydrogen) atoms. The number of carbonyl (C=O) groups excluding carboxylic acids is 1. The van der Waals surface area contributed by atoms with Gasteiger partial charge in [-0.2, -0.15) is 0 Å². The molecule has 0 saturated carbocycles. The van der Waals surface area contributed by atoms with Gasteiger partial charge in [0.15, 0.2) is 0 Å². The van der Waals surface area contributed by atoms with Gasteiger partial charge < -0.3 is 16.4 Å². The number of rotatable bonds is 4. The maximum Gasteiger partial charge on any atom is 0.239 e. The molecule has 1 aliphatic rings. The van der Waals surface area contributed by atoms with Gasteiger partial charge in [0.25, 0.3) is 0 Å². The summed E-state index contributed by atoms with van der Waals surface area (Å²) in [4.78, 5) is 21.9. The molecule has 0 aromatic carbocycles. The third-order valence-electron chi connectivity index (χ3n) is 4.34. The highest BCUT2D eigenvalue weighted by Gasteiger charge is 2.24. The van der Waals surface area contributed by atoms with Gasteiger partial charge in [-0.3, -0.25) is 4.79 Å². The molecule has 6 nitrogen and oxygen atoms in total. The molecule has 1 fully saturated rings. The Morgan fingerprint density at radius 3 is 2.59 bits per heavy atom. The molecule has 0 radical (unpaired) electrons. The van der Waals surface area contributed by atoms with Crippen molar-refractivity contribution in [3.8, 4) is 0 Å².